The SMILES string of the molecule is OC1=C2CCOC2c2ccc(F)cc2[C@@H]1N1CC[C@@H](OCCCCc2ccc3c(n2)NCCC3)C1. The van der Waals surface area contributed by atoms with Crippen molar-refractivity contribution < 1.29 is 19.0 Å². The standard InChI is InChI=1S/C28H34FN3O3/c29-19-7-9-22-24(16-19)25(26(33)23-11-15-35-27(22)23)32-13-10-21(17-32)34-14-2-1-5-20-8-6-18-4-3-12-30-28(18)31-20/h6-9,16,21,25,27,33H,1-5,10-15,17H2,(H,30,31)/t21-,25+,27?/m1/s1. The monoisotopic (exact) mass is 479 g/mol. The normalized spacial score (nSPS) is 25.8. The van der Waals surface area contributed by atoms with Crippen LogP contribution in [0.2, 0.25) is 0 Å². The molecule has 2 saturated heterocycles. The van der Waals surface area contributed by atoms with Crippen molar-refractivity contribution in [3.8, 4) is 0 Å². The second-order valence-electron chi connectivity index (χ2n) is 10.2. The number of nitrogens with one attached hydrogen (secondary N) is 1. The Balaban J connectivity index is 1.02. The third-order valence-corrected chi connectivity index (χ3v) is 7.86. The van der Waals surface area contributed by atoms with Gasteiger partial charge >= 0.3 is 0 Å². The lowest BCUT2D eigenvalue weighted by Gasteiger charge is -2.35. The number of anilines is 1. The van der Waals surface area contributed by atoms with Crippen molar-refractivity contribution >= 4 is 5.82 Å². The number of nitrogens with zero attached hydrogens (tertiary/aromatic N) is 2. The highest BCUT2D eigenvalue weighted by molar-refractivity contribution is 5.47. The first-order valence-electron chi connectivity index (χ1n) is 13.1. The highest BCUT2D eigenvalue weighted by Gasteiger charge is 2.42. The fourth-order valence-corrected chi connectivity index (χ4v) is 6.06. The number of aromatic nitrogens is 1. The van der Waals surface area contributed by atoms with Gasteiger partial charge in [0.05, 0.1) is 18.8 Å². The van der Waals surface area contributed by atoms with Crippen LogP contribution < -0.4 is 5.32 Å². The van der Waals surface area contributed by atoms with E-state index in [-0.39, 0.29) is 24.1 Å². The van der Waals surface area contributed by atoms with Crippen molar-refractivity contribution in [2.45, 2.75) is 63.2 Å². The average Bonchev–Trinajstić information content (AvgIpc) is 3.54. The fourth-order valence-electron chi connectivity index (χ4n) is 6.06. The van der Waals surface area contributed by atoms with Crippen LogP contribution in [0.3, 0.4) is 0 Å². The average molecular weight is 480 g/mol. The molecule has 2 aromatic rings. The minimum Gasteiger partial charge on any atom is -0.510 e. The molecule has 4 aliphatic rings. The van der Waals surface area contributed by atoms with Gasteiger partial charge < -0.3 is 19.9 Å². The summed E-state index contributed by atoms with van der Waals surface area (Å²) in [6.07, 6.45) is 6.84. The summed E-state index contributed by atoms with van der Waals surface area (Å²) >= 11 is 0. The Kier molecular flexibility index (Phi) is 6.48. The number of hydrogen-bond donors (Lipinski definition) is 2. The number of aryl methyl sites for hydroxylation is 2. The second kappa shape index (κ2) is 9.88. The van der Waals surface area contributed by atoms with E-state index in [4.69, 9.17) is 14.5 Å². The van der Waals surface area contributed by atoms with Crippen LogP contribution in [0.5, 0.6) is 0 Å². The van der Waals surface area contributed by atoms with E-state index in [9.17, 15) is 9.50 Å². The lowest BCUT2D eigenvalue weighted by Crippen LogP contribution is -2.33. The maximum absolute atomic E-state index is 14.2. The third-order valence-electron chi connectivity index (χ3n) is 7.86. The highest BCUT2D eigenvalue weighted by Crippen LogP contribution is 2.48. The van der Waals surface area contributed by atoms with E-state index >= 15 is 0 Å². The van der Waals surface area contributed by atoms with Crippen molar-refractivity contribution in [3.05, 3.63) is 69.9 Å². The van der Waals surface area contributed by atoms with Crippen LogP contribution in [0.1, 0.15) is 66.6 Å². The first kappa shape index (κ1) is 23.0. The van der Waals surface area contributed by atoms with Gasteiger partial charge in [-0.2, -0.15) is 0 Å². The maximum atomic E-state index is 14.2. The molecule has 186 valence electrons. The molecule has 0 amide bonds. The fraction of sp³-hybridized carbons (Fsp3) is 0.536. The van der Waals surface area contributed by atoms with E-state index in [1.165, 1.54) is 18.1 Å². The van der Waals surface area contributed by atoms with Crippen LogP contribution >= 0.6 is 0 Å². The molecule has 0 radical (unpaired) electrons. The Morgan fingerprint density at radius 2 is 2.11 bits per heavy atom. The molecule has 35 heavy (non-hydrogen) atoms. The summed E-state index contributed by atoms with van der Waals surface area (Å²) in [5, 5.41) is 14.5. The lowest BCUT2D eigenvalue weighted by molar-refractivity contribution is 0.0511. The number of pyridine rings is 1. The molecule has 1 aliphatic carbocycles. The molecule has 1 aromatic heterocycles. The smallest absolute Gasteiger partial charge is 0.129 e. The zero-order valence-electron chi connectivity index (χ0n) is 20.1. The van der Waals surface area contributed by atoms with Gasteiger partial charge in [-0.3, -0.25) is 4.90 Å². The van der Waals surface area contributed by atoms with Gasteiger partial charge in [-0.05, 0) is 79.8 Å². The number of ether oxygens (including phenoxy) is 2. The number of fused-ring (bicyclic) bond motifs is 4. The van der Waals surface area contributed by atoms with Crippen molar-refractivity contribution in [3.63, 3.8) is 0 Å². The number of benzene rings is 1. The number of hydrogen-bond acceptors (Lipinski definition) is 6. The number of aliphatic hydroxyl groups is 1. The van der Waals surface area contributed by atoms with Gasteiger partial charge in [-0.15, -0.1) is 0 Å². The van der Waals surface area contributed by atoms with Crippen LogP contribution in [0.25, 0.3) is 0 Å². The van der Waals surface area contributed by atoms with Gasteiger partial charge in [0.2, 0.25) is 0 Å². The summed E-state index contributed by atoms with van der Waals surface area (Å²) in [6.45, 7) is 3.89. The van der Waals surface area contributed by atoms with Gasteiger partial charge in [0.25, 0.3) is 0 Å². The van der Waals surface area contributed by atoms with Crippen molar-refractivity contribution in [1.29, 1.82) is 0 Å². The molecular formula is C28H34FN3O3. The molecule has 1 unspecified atom stereocenters. The summed E-state index contributed by atoms with van der Waals surface area (Å²) in [5.74, 6) is 1.13. The molecule has 7 heteroatoms. The quantitative estimate of drug-likeness (QED) is 0.544. The van der Waals surface area contributed by atoms with E-state index in [1.807, 2.05) is 6.07 Å². The van der Waals surface area contributed by atoms with E-state index < -0.39 is 0 Å². The van der Waals surface area contributed by atoms with E-state index in [1.54, 1.807) is 6.07 Å². The topological polar surface area (TPSA) is 66.9 Å². The summed E-state index contributed by atoms with van der Waals surface area (Å²) in [7, 11) is 0. The van der Waals surface area contributed by atoms with Gasteiger partial charge in [0.1, 0.15) is 23.5 Å². The van der Waals surface area contributed by atoms with Crippen molar-refractivity contribution in [2.75, 3.05) is 38.2 Å². The molecule has 0 bridgehead atoms. The van der Waals surface area contributed by atoms with E-state index in [0.717, 1.165) is 93.0 Å². The van der Waals surface area contributed by atoms with E-state index in [0.29, 0.717) is 12.4 Å². The molecule has 6 nitrogen and oxygen atoms in total. The molecule has 0 saturated carbocycles. The van der Waals surface area contributed by atoms with Gasteiger partial charge in [-0.25, -0.2) is 9.37 Å². The molecule has 4 heterocycles. The Labute approximate surface area is 206 Å². The number of unbranched alkanes of at least 4 members (excludes halogenated alkanes) is 1. The Hall–Kier alpha value is -2.48. The maximum Gasteiger partial charge on any atom is 0.129 e. The van der Waals surface area contributed by atoms with Crippen LogP contribution in [0.4, 0.5) is 10.2 Å². The summed E-state index contributed by atoms with van der Waals surface area (Å²) in [5.41, 5.74) is 5.23. The van der Waals surface area contributed by atoms with Gasteiger partial charge in [0.15, 0.2) is 0 Å². The van der Waals surface area contributed by atoms with Crippen LogP contribution in [0, 0.1) is 5.82 Å². The van der Waals surface area contributed by atoms with Gasteiger partial charge in [0, 0.05) is 37.5 Å². The van der Waals surface area contributed by atoms with Crippen molar-refractivity contribution in [1.82, 2.24) is 9.88 Å². The molecule has 1 aromatic carbocycles. The minimum absolute atomic E-state index is 0.133. The van der Waals surface area contributed by atoms with Crippen LogP contribution in [-0.4, -0.2) is 53.9 Å². The summed E-state index contributed by atoms with van der Waals surface area (Å²) < 4.78 is 26.2. The Morgan fingerprint density at radius 3 is 3.06 bits per heavy atom. The Morgan fingerprint density at radius 1 is 1.17 bits per heavy atom. The summed E-state index contributed by atoms with van der Waals surface area (Å²) in [4.78, 5) is 7.02. The molecule has 2 fully saturated rings. The molecule has 3 aliphatic heterocycles. The predicted molar refractivity (Wildman–Crippen MR) is 132 cm³/mol. The van der Waals surface area contributed by atoms with Gasteiger partial charge in [-0.1, -0.05) is 12.1 Å². The van der Waals surface area contributed by atoms with Crippen LogP contribution in [0.15, 0.2) is 41.7 Å². The van der Waals surface area contributed by atoms with Crippen LogP contribution in [-0.2, 0) is 22.3 Å². The van der Waals surface area contributed by atoms with Crippen molar-refractivity contribution in [2.24, 2.45) is 0 Å². The Bertz CT molecular complexity index is 1120. The molecular weight excluding hydrogens is 445 g/mol. The number of rotatable bonds is 7. The largest absolute Gasteiger partial charge is 0.510 e. The number of aliphatic hydroxyl groups excluding tert-OH is 1. The minimum atomic E-state index is -0.314. The number of likely N-dealkylation sites (tertiary alicyclic amines) is 1. The molecule has 2 N–H and O–H groups in total. The summed E-state index contributed by atoms with van der Waals surface area (Å²) in [6, 6.07) is 8.93. The molecule has 0 spiro atoms. The number of halogens is 1. The predicted octanol–water partition coefficient (Wildman–Crippen LogP) is 5.02. The second-order valence-corrected chi connectivity index (χ2v) is 10.2. The zero-order valence-corrected chi connectivity index (χ0v) is 20.1. The molecule has 6 rings (SSSR count). The zero-order chi connectivity index (χ0) is 23.8. The first-order valence-corrected chi connectivity index (χ1v) is 13.1. The van der Waals surface area contributed by atoms with E-state index in [2.05, 4.69) is 22.3 Å². The highest BCUT2D eigenvalue weighted by atomic mass is 19.1. The third kappa shape index (κ3) is 4.57. The lowest BCUT2D eigenvalue weighted by atomic mass is 9.84. The molecule has 3 atom stereocenters. The first-order chi connectivity index (χ1) is 17.2.